The zero-order valence-corrected chi connectivity index (χ0v) is 11.6. The Kier molecular flexibility index (Phi) is 3.38. The van der Waals surface area contributed by atoms with Gasteiger partial charge in [-0.3, -0.25) is 9.88 Å². The molecule has 100 valence electrons. The molecule has 1 N–H and O–H groups in total. The second-order valence-corrected chi connectivity index (χ2v) is 5.60. The van der Waals surface area contributed by atoms with E-state index in [2.05, 4.69) is 53.3 Å². The van der Waals surface area contributed by atoms with Gasteiger partial charge in [-0.25, -0.2) is 0 Å². The van der Waals surface area contributed by atoms with Gasteiger partial charge in [-0.05, 0) is 32.4 Å². The third kappa shape index (κ3) is 2.56. The van der Waals surface area contributed by atoms with Crippen LogP contribution in [0.25, 0.3) is 10.9 Å². The van der Waals surface area contributed by atoms with Crippen LogP contribution in [0.5, 0.6) is 0 Å². The molecule has 1 unspecified atom stereocenters. The fourth-order valence-corrected chi connectivity index (χ4v) is 2.81. The summed E-state index contributed by atoms with van der Waals surface area (Å²) in [5, 5.41) is 4.86. The molecule has 2 aromatic rings. The summed E-state index contributed by atoms with van der Waals surface area (Å²) in [4.78, 5) is 7.03. The highest BCUT2D eigenvalue weighted by molar-refractivity contribution is 5.90. The molecule has 0 spiro atoms. The highest BCUT2D eigenvalue weighted by Gasteiger charge is 2.24. The highest BCUT2D eigenvalue weighted by Crippen LogP contribution is 2.24. The van der Waals surface area contributed by atoms with Crippen LogP contribution in [0.2, 0.25) is 0 Å². The molecule has 0 aliphatic carbocycles. The predicted molar refractivity (Wildman–Crippen MR) is 80.5 cm³/mol. The Labute approximate surface area is 114 Å². The molecular formula is C16H21N3. The van der Waals surface area contributed by atoms with Crippen molar-refractivity contribution < 1.29 is 0 Å². The lowest BCUT2D eigenvalue weighted by Crippen LogP contribution is -2.31. The van der Waals surface area contributed by atoms with Crippen molar-refractivity contribution in [3.63, 3.8) is 0 Å². The molecule has 0 saturated carbocycles. The van der Waals surface area contributed by atoms with E-state index in [4.69, 9.17) is 0 Å². The second-order valence-electron chi connectivity index (χ2n) is 5.60. The van der Waals surface area contributed by atoms with Gasteiger partial charge in [0.25, 0.3) is 0 Å². The lowest BCUT2D eigenvalue weighted by molar-refractivity contribution is 0.274. The first-order chi connectivity index (χ1) is 9.24. The van der Waals surface area contributed by atoms with Gasteiger partial charge in [0.05, 0.1) is 11.2 Å². The molecule has 1 aromatic heterocycles. The maximum Gasteiger partial charge on any atom is 0.0933 e. The Balaban J connectivity index is 1.79. The predicted octanol–water partition coefficient (Wildman–Crippen LogP) is 3.13. The Morgan fingerprint density at radius 1 is 1.26 bits per heavy atom. The number of para-hydroxylation sites is 1. The van der Waals surface area contributed by atoms with Crippen molar-refractivity contribution >= 4 is 16.6 Å². The number of anilines is 1. The fraction of sp³-hybridized carbons (Fsp3) is 0.438. The highest BCUT2D eigenvalue weighted by atomic mass is 15.2. The summed E-state index contributed by atoms with van der Waals surface area (Å²) in [5.41, 5.74) is 2.24. The molecule has 1 saturated heterocycles. The quantitative estimate of drug-likeness (QED) is 0.913. The number of hydrogen-bond acceptors (Lipinski definition) is 3. The number of fused-ring (bicyclic) bond motifs is 1. The van der Waals surface area contributed by atoms with Crippen molar-refractivity contribution in [2.75, 3.05) is 18.4 Å². The molecule has 3 heteroatoms. The molecule has 1 aliphatic heterocycles. The van der Waals surface area contributed by atoms with Gasteiger partial charge in [0, 0.05) is 36.8 Å². The molecule has 1 atom stereocenters. The smallest absolute Gasteiger partial charge is 0.0933 e. The van der Waals surface area contributed by atoms with Crippen LogP contribution >= 0.6 is 0 Å². The SMILES string of the molecule is CC(C)N1CCC(Nc2cccc3cccnc23)C1. The molecule has 0 amide bonds. The maximum atomic E-state index is 4.50. The van der Waals surface area contributed by atoms with Crippen molar-refractivity contribution in [3.8, 4) is 0 Å². The van der Waals surface area contributed by atoms with Gasteiger partial charge in [0.2, 0.25) is 0 Å². The molecule has 2 heterocycles. The van der Waals surface area contributed by atoms with Crippen molar-refractivity contribution in [1.29, 1.82) is 0 Å². The number of pyridine rings is 1. The maximum absolute atomic E-state index is 4.50. The third-order valence-electron chi connectivity index (χ3n) is 3.94. The first-order valence-electron chi connectivity index (χ1n) is 7.08. The Bertz CT molecular complexity index is 559. The summed E-state index contributed by atoms with van der Waals surface area (Å²) >= 11 is 0. The first kappa shape index (κ1) is 12.4. The van der Waals surface area contributed by atoms with E-state index in [0.717, 1.165) is 17.7 Å². The fourth-order valence-electron chi connectivity index (χ4n) is 2.81. The van der Waals surface area contributed by atoms with Crippen molar-refractivity contribution in [2.24, 2.45) is 0 Å². The number of hydrogen-bond donors (Lipinski definition) is 1. The van der Waals surface area contributed by atoms with Gasteiger partial charge in [0.1, 0.15) is 0 Å². The standard InChI is InChI=1S/C16H21N3/c1-12(2)19-10-8-14(11-19)18-15-7-3-5-13-6-4-9-17-16(13)15/h3-7,9,12,14,18H,8,10-11H2,1-2H3. The van der Waals surface area contributed by atoms with Crippen molar-refractivity contribution in [3.05, 3.63) is 36.5 Å². The van der Waals surface area contributed by atoms with Crippen LogP contribution in [0, 0.1) is 0 Å². The first-order valence-corrected chi connectivity index (χ1v) is 7.08. The van der Waals surface area contributed by atoms with Crippen LogP contribution in [0.3, 0.4) is 0 Å². The summed E-state index contributed by atoms with van der Waals surface area (Å²) in [6, 6.07) is 11.6. The summed E-state index contributed by atoms with van der Waals surface area (Å²) in [6.07, 6.45) is 3.07. The molecule has 3 nitrogen and oxygen atoms in total. The van der Waals surface area contributed by atoms with Crippen LogP contribution in [0.4, 0.5) is 5.69 Å². The van der Waals surface area contributed by atoms with Gasteiger partial charge in [-0.1, -0.05) is 18.2 Å². The van der Waals surface area contributed by atoms with E-state index in [1.807, 2.05) is 12.3 Å². The van der Waals surface area contributed by atoms with E-state index in [0.29, 0.717) is 12.1 Å². The lowest BCUT2D eigenvalue weighted by Gasteiger charge is -2.21. The van der Waals surface area contributed by atoms with E-state index in [1.54, 1.807) is 0 Å². The minimum Gasteiger partial charge on any atom is -0.379 e. The number of nitrogens with zero attached hydrogens (tertiary/aromatic N) is 2. The minimum atomic E-state index is 0.537. The molecule has 0 radical (unpaired) electrons. The number of nitrogens with one attached hydrogen (secondary N) is 1. The monoisotopic (exact) mass is 255 g/mol. The summed E-state index contributed by atoms with van der Waals surface area (Å²) < 4.78 is 0. The van der Waals surface area contributed by atoms with Crippen LogP contribution in [-0.2, 0) is 0 Å². The van der Waals surface area contributed by atoms with Crippen LogP contribution in [-0.4, -0.2) is 35.1 Å². The molecular weight excluding hydrogens is 234 g/mol. The van der Waals surface area contributed by atoms with Gasteiger partial charge in [-0.15, -0.1) is 0 Å². The van der Waals surface area contributed by atoms with Gasteiger partial charge >= 0.3 is 0 Å². The molecule has 0 bridgehead atoms. The van der Waals surface area contributed by atoms with Crippen molar-refractivity contribution in [1.82, 2.24) is 9.88 Å². The van der Waals surface area contributed by atoms with Crippen LogP contribution < -0.4 is 5.32 Å². The van der Waals surface area contributed by atoms with E-state index < -0.39 is 0 Å². The van der Waals surface area contributed by atoms with Gasteiger partial charge < -0.3 is 5.32 Å². The molecule has 3 rings (SSSR count). The zero-order valence-electron chi connectivity index (χ0n) is 11.6. The summed E-state index contributed by atoms with van der Waals surface area (Å²) in [5.74, 6) is 0. The van der Waals surface area contributed by atoms with E-state index in [1.165, 1.54) is 18.4 Å². The Morgan fingerprint density at radius 2 is 2.11 bits per heavy atom. The minimum absolute atomic E-state index is 0.537. The lowest BCUT2D eigenvalue weighted by atomic mass is 10.1. The molecule has 1 aliphatic rings. The number of benzene rings is 1. The van der Waals surface area contributed by atoms with Crippen molar-refractivity contribution in [2.45, 2.75) is 32.4 Å². The molecule has 1 fully saturated rings. The third-order valence-corrected chi connectivity index (χ3v) is 3.94. The largest absolute Gasteiger partial charge is 0.379 e. The van der Waals surface area contributed by atoms with Crippen LogP contribution in [0.15, 0.2) is 36.5 Å². The van der Waals surface area contributed by atoms with E-state index >= 15 is 0 Å². The molecule has 1 aromatic carbocycles. The average Bonchev–Trinajstić information content (AvgIpc) is 2.88. The average molecular weight is 255 g/mol. The van der Waals surface area contributed by atoms with Gasteiger partial charge in [-0.2, -0.15) is 0 Å². The summed E-state index contributed by atoms with van der Waals surface area (Å²) in [6.45, 7) is 6.85. The van der Waals surface area contributed by atoms with E-state index in [-0.39, 0.29) is 0 Å². The topological polar surface area (TPSA) is 28.2 Å². The van der Waals surface area contributed by atoms with E-state index in [9.17, 15) is 0 Å². The normalized spacial score (nSPS) is 20.3. The molecule has 19 heavy (non-hydrogen) atoms. The summed E-state index contributed by atoms with van der Waals surface area (Å²) in [7, 11) is 0. The van der Waals surface area contributed by atoms with Crippen LogP contribution in [0.1, 0.15) is 20.3 Å². The van der Waals surface area contributed by atoms with Gasteiger partial charge in [0.15, 0.2) is 0 Å². The second kappa shape index (κ2) is 5.17. The number of rotatable bonds is 3. The Hall–Kier alpha value is -1.61. The number of aromatic nitrogens is 1. The zero-order chi connectivity index (χ0) is 13.2. The number of likely N-dealkylation sites (tertiary alicyclic amines) is 1. The Morgan fingerprint density at radius 3 is 2.89 bits per heavy atom.